The van der Waals surface area contributed by atoms with Crippen LogP contribution < -0.4 is 5.32 Å². The Morgan fingerprint density at radius 1 is 1.24 bits per heavy atom. The smallest absolute Gasteiger partial charge is 0.225 e. The lowest BCUT2D eigenvalue weighted by Crippen LogP contribution is -2.32. The SMILES string of the molecule is O=C(NCc1nnc2n1CCN(Cc1cc3ccccc3[nH]1)CC2)[C@H]1CCOC1. The van der Waals surface area contributed by atoms with Crippen molar-refractivity contribution in [2.75, 3.05) is 26.3 Å². The van der Waals surface area contributed by atoms with Crippen LogP contribution in [0.3, 0.4) is 0 Å². The average molecular weight is 394 g/mol. The average Bonchev–Trinajstić information content (AvgIpc) is 3.45. The number of aromatic amines is 1. The normalized spacial score (nSPS) is 19.9. The van der Waals surface area contributed by atoms with Crippen molar-refractivity contribution in [3.63, 3.8) is 0 Å². The first kappa shape index (κ1) is 18.3. The zero-order valence-electron chi connectivity index (χ0n) is 16.4. The van der Waals surface area contributed by atoms with Gasteiger partial charge in [-0.2, -0.15) is 0 Å². The minimum atomic E-state index is -0.0340. The van der Waals surface area contributed by atoms with Crippen molar-refractivity contribution in [3.8, 4) is 0 Å². The molecule has 0 bridgehead atoms. The first-order valence-corrected chi connectivity index (χ1v) is 10.3. The third kappa shape index (κ3) is 3.90. The number of rotatable bonds is 5. The Hall–Kier alpha value is -2.71. The molecule has 1 saturated heterocycles. The standard InChI is InChI=1S/C21H26N6O2/c28-21(16-6-10-29-14-16)22-12-20-25-24-19-5-7-26(8-9-27(19)20)13-17-11-15-3-1-2-4-18(15)23-17/h1-4,11,16,23H,5-10,12-14H2,(H,22,28)/t16-/m0/s1. The number of benzene rings is 1. The number of H-pyrrole nitrogens is 1. The zero-order valence-corrected chi connectivity index (χ0v) is 16.4. The Bertz CT molecular complexity index is 971. The van der Waals surface area contributed by atoms with E-state index in [0.717, 1.165) is 50.7 Å². The van der Waals surface area contributed by atoms with Crippen LogP contribution in [-0.4, -0.2) is 56.9 Å². The van der Waals surface area contributed by atoms with Crippen molar-refractivity contribution < 1.29 is 9.53 Å². The van der Waals surface area contributed by atoms with E-state index >= 15 is 0 Å². The topological polar surface area (TPSA) is 88.1 Å². The van der Waals surface area contributed by atoms with Gasteiger partial charge in [0.1, 0.15) is 5.82 Å². The summed E-state index contributed by atoms with van der Waals surface area (Å²) < 4.78 is 7.46. The predicted octanol–water partition coefficient (Wildman–Crippen LogP) is 1.47. The number of aromatic nitrogens is 4. The van der Waals surface area contributed by atoms with Crippen LogP contribution in [0, 0.1) is 5.92 Å². The highest BCUT2D eigenvalue weighted by Gasteiger charge is 2.24. The van der Waals surface area contributed by atoms with E-state index in [0.29, 0.717) is 19.8 Å². The molecule has 2 aliphatic heterocycles. The Morgan fingerprint density at radius 3 is 3.03 bits per heavy atom. The predicted molar refractivity (Wildman–Crippen MR) is 108 cm³/mol. The first-order chi connectivity index (χ1) is 14.3. The fourth-order valence-electron chi connectivity index (χ4n) is 4.23. The number of nitrogens with one attached hydrogen (secondary N) is 2. The summed E-state index contributed by atoms with van der Waals surface area (Å²) in [6.07, 6.45) is 1.66. The molecule has 0 aliphatic carbocycles. The van der Waals surface area contributed by atoms with Gasteiger partial charge in [0.2, 0.25) is 5.91 Å². The summed E-state index contributed by atoms with van der Waals surface area (Å²) in [6, 6.07) is 10.6. The van der Waals surface area contributed by atoms with Crippen molar-refractivity contribution in [3.05, 3.63) is 47.7 Å². The lowest BCUT2D eigenvalue weighted by Gasteiger charge is -2.18. The van der Waals surface area contributed by atoms with Gasteiger partial charge in [0.15, 0.2) is 5.82 Å². The number of amides is 1. The van der Waals surface area contributed by atoms with Gasteiger partial charge in [0, 0.05) is 50.4 Å². The number of nitrogens with zero attached hydrogens (tertiary/aromatic N) is 4. The van der Waals surface area contributed by atoms with Gasteiger partial charge in [0.05, 0.1) is 19.1 Å². The first-order valence-electron chi connectivity index (χ1n) is 10.3. The summed E-state index contributed by atoms with van der Waals surface area (Å²) >= 11 is 0. The lowest BCUT2D eigenvalue weighted by molar-refractivity contribution is -0.125. The summed E-state index contributed by atoms with van der Waals surface area (Å²) in [6.45, 7) is 5.21. The lowest BCUT2D eigenvalue weighted by atomic mass is 10.1. The van der Waals surface area contributed by atoms with Gasteiger partial charge in [-0.1, -0.05) is 18.2 Å². The van der Waals surface area contributed by atoms with E-state index in [-0.39, 0.29) is 11.8 Å². The molecule has 8 heteroatoms. The second kappa shape index (κ2) is 7.96. The molecule has 2 aliphatic rings. The van der Waals surface area contributed by atoms with E-state index in [9.17, 15) is 4.79 Å². The second-order valence-corrected chi connectivity index (χ2v) is 7.87. The minimum Gasteiger partial charge on any atom is -0.381 e. The molecule has 8 nitrogen and oxygen atoms in total. The molecule has 0 saturated carbocycles. The quantitative estimate of drug-likeness (QED) is 0.684. The molecular formula is C21H26N6O2. The third-order valence-corrected chi connectivity index (χ3v) is 5.90. The summed E-state index contributed by atoms with van der Waals surface area (Å²) in [7, 11) is 0. The molecule has 2 aromatic heterocycles. The number of para-hydroxylation sites is 1. The van der Waals surface area contributed by atoms with Crippen LogP contribution in [-0.2, 0) is 35.6 Å². The molecule has 3 aromatic rings. The van der Waals surface area contributed by atoms with Gasteiger partial charge in [-0.25, -0.2) is 0 Å². The number of ether oxygens (including phenoxy) is 1. The molecule has 152 valence electrons. The number of hydrogen-bond donors (Lipinski definition) is 2. The van der Waals surface area contributed by atoms with Crippen molar-refractivity contribution in [2.24, 2.45) is 5.92 Å². The number of carbonyl (C=O) groups is 1. The van der Waals surface area contributed by atoms with Crippen LogP contribution in [0.5, 0.6) is 0 Å². The number of fused-ring (bicyclic) bond motifs is 2. The minimum absolute atomic E-state index is 0.0340. The highest BCUT2D eigenvalue weighted by atomic mass is 16.5. The van der Waals surface area contributed by atoms with E-state index in [1.165, 1.54) is 16.6 Å². The van der Waals surface area contributed by atoms with Crippen LogP contribution in [0.15, 0.2) is 30.3 Å². The van der Waals surface area contributed by atoms with E-state index in [4.69, 9.17) is 4.74 Å². The van der Waals surface area contributed by atoms with Crippen LogP contribution in [0.4, 0.5) is 0 Å². The summed E-state index contributed by atoms with van der Waals surface area (Å²) in [5, 5.41) is 12.9. The van der Waals surface area contributed by atoms with Gasteiger partial charge >= 0.3 is 0 Å². The molecule has 0 spiro atoms. The Labute approximate surface area is 169 Å². The van der Waals surface area contributed by atoms with Gasteiger partial charge in [-0.3, -0.25) is 9.69 Å². The van der Waals surface area contributed by atoms with E-state index < -0.39 is 0 Å². The molecule has 29 heavy (non-hydrogen) atoms. The van der Waals surface area contributed by atoms with Crippen LogP contribution in [0.2, 0.25) is 0 Å². The summed E-state index contributed by atoms with van der Waals surface area (Å²) in [4.78, 5) is 18.2. The van der Waals surface area contributed by atoms with Crippen molar-refractivity contribution in [2.45, 2.75) is 32.5 Å². The third-order valence-electron chi connectivity index (χ3n) is 5.90. The Morgan fingerprint density at radius 2 is 2.17 bits per heavy atom. The number of hydrogen-bond acceptors (Lipinski definition) is 5. The monoisotopic (exact) mass is 394 g/mol. The molecule has 5 rings (SSSR count). The largest absolute Gasteiger partial charge is 0.381 e. The molecule has 1 atom stereocenters. The van der Waals surface area contributed by atoms with E-state index in [1.54, 1.807) is 0 Å². The maximum atomic E-state index is 12.2. The summed E-state index contributed by atoms with van der Waals surface area (Å²) in [5.41, 5.74) is 2.41. The van der Waals surface area contributed by atoms with Crippen molar-refractivity contribution in [1.82, 2.24) is 30.0 Å². The van der Waals surface area contributed by atoms with Gasteiger partial charge in [-0.05, 0) is 23.9 Å². The highest BCUT2D eigenvalue weighted by molar-refractivity contribution is 5.80. The molecule has 0 unspecified atom stereocenters. The van der Waals surface area contributed by atoms with Gasteiger partial charge in [-0.15, -0.1) is 10.2 Å². The van der Waals surface area contributed by atoms with Crippen LogP contribution >= 0.6 is 0 Å². The molecule has 0 radical (unpaired) electrons. The van der Waals surface area contributed by atoms with Crippen molar-refractivity contribution >= 4 is 16.8 Å². The highest BCUT2D eigenvalue weighted by Crippen LogP contribution is 2.18. The molecule has 1 aromatic carbocycles. The maximum Gasteiger partial charge on any atom is 0.225 e. The van der Waals surface area contributed by atoms with Gasteiger partial charge < -0.3 is 19.6 Å². The van der Waals surface area contributed by atoms with E-state index in [2.05, 4.69) is 60.3 Å². The maximum absolute atomic E-state index is 12.2. The second-order valence-electron chi connectivity index (χ2n) is 7.87. The molecule has 2 N–H and O–H groups in total. The molecule has 4 heterocycles. The van der Waals surface area contributed by atoms with Crippen LogP contribution in [0.1, 0.15) is 23.8 Å². The van der Waals surface area contributed by atoms with Gasteiger partial charge in [0.25, 0.3) is 0 Å². The fourth-order valence-corrected chi connectivity index (χ4v) is 4.23. The summed E-state index contributed by atoms with van der Waals surface area (Å²) in [5.74, 6) is 1.85. The molecule has 1 fully saturated rings. The van der Waals surface area contributed by atoms with Crippen molar-refractivity contribution in [1.29, 1.82) is 0 Å². The Kier molecular flexibility index (Phi) is 5.03. The number of carbonyl (C=O) groups excluding carboxylic acids is 1. The fraction of sp³-hybridized carbons (Fsp3) is 0.476. The molecular weight excluding hydrogens is 368 g/mol. The Balaban J connectivity index is 1.20. The molecule has 1 amide bonds. The van der Waals surface area contributed by atoms with Crippen LogP contribution in [0.25, 0.3) is 10.9 Å². The van der Waals surface area contributed by atoms with E-state index in [1.807, 2.05) is 0 Å². The zero-order chi connectivity index (χ0) is 19.6.